The van der Waals surface area contributed by atoms with Crippen LogP contribution < -0.4 is 16.3 Å². The van der Waals surface area contributed by atoms with Crippen LogP contribution >= 0.6 is 11.6 Å². The highest BCUT2D eigenvalue weighted by Gasteiger charge is 2.20. The molecule has 2 aromatic heterocycles. The highest BCUT2D eigenvalue weighted by atomic mass is 35.5. The molecule has 0 bridgehead atoms. The molecular weight excluding hydrogens is 402 g/mol. The van der Waals surface area contributed by atoms with E-state index in [0.717, 1.165) is 53.7 Å². The normalized spacial score (nSPS) is 14.8. The van der Waals surface area contributed by atoms with Crippen LogP contribution in [0, 0.1) is 0 Å². The van der Waals surface area contributed by atoms with Gasteiger partial charge in [0, 0.05) is 26.2 Å². The van der Waals surface area contributed by atoms with Crippen molar-refractivity contribution < 1.29 is 0 Å². The van der Waals surface area contributed by atoms with Crippen molar-refractivity contribution in [2.75, 3.05) is 18.0 Å². The molecule has 0 atom stereocenters. The molecule has 0 saturated carbocycles. The third-order valence-electron chi connectivity index (χ3n) is 5.99. The number of para-hydroxylation sites is 2. The number of aromatic nitrogens is 4. The summed E-state index contributed by atoms with van der Waals surface area (Å²) in [6.45, 7) is 2.96. The van der Waals surface area contributed by atoms with Gasteiger partial charge in [-0.05, 0) is 49.9 Å². The van der Waals surface area contributed by atoms with Gasteiger partial charge in [-0.2, -0.15) is 0 Å². The molecule has 1 saturated heterocycles. The van der Waals surface area contributed by atoms with Crippen molar-refractivity contribution in [1.82, 2.24) is 19.1 Å². The largest absolute Gasteiger partial charge is 0.369 e. The first-order valence-corrected chi connectivity index (χ1v) is 10.8. The molecule has 156 valence electrons. The number of aryl methyl sites for hydroxylation is 2. The van der Waals surface area contributed by atoms with Gasteiger partial charge in [-0.3, -0.25) is 9.13 Å². The molecule has 1 aliphatic rings. The second kappa shape index (κ2) is 7.72. The van der Waals surface area contributed by atoms with Crippen LogP contribution in [0.3, 0.4) is 0 Å². The number of piperidine rings is 1. The van der Waals surface area contributed by atoms with E-state index in [1.807, 2.05) is 36.4 Å². The quantitative estimate of drug-likeness (QED) is 0.511. The number of anilines is 1. The summed E-state index contributed by atoms with van der Waals surface area (Å²) in [4.78, 5) is 33.2. The average molecular weight is 426 g/mol. The molecule has 30 heavy (non-hydrogen) atoms. The standard InChI is InChI=1S/C22H24ClN5O2/c23-15-9-10-18-19(20(15)26-11-4-1-5-12-26)25-22(30)28(18)14-6-13-27-17-8-3-2-7-16(17)24-21(27)29/h2-3,7-10H,1,4-6,11-14H2,(H,24,29)(H,25,30). The average Bonchev–Trinajstić information content (AvgIpc) is 3.24. The molecule has 4 aromatic rings. The number of nitrogens with zero attached hydrogens (tertiary/aromatic N) is 3. The number of fused-ring (bicyclic) bond motifs is 2. The van der Waals surface area contributed by atoms with Crippen LogP contribution in [0.4, 0.5) is 5.69 Å². The van der Waals surface area contributed by atoms with E-state index in [1.165, 1.54) is 6.42 Å². The molecule has 2 N–H and O–H groups in total. The monoisotopic (exact) mass is 425 g/mol. The Morgan fingerprint density at radius 1 is 0.833 bits per heavy atom. The summed E-state index contributed by atoms with van der Waals surface area (Å²) in [5.41, 5.74) is 4.03. The summed E-state index contributed by atoms with van der Waals surface area (Å²) in [6, 6.07) is 11.4. The maximum atomic E-state index is 12.7. The van der Waals surface area contributed by atoms with E-state index >= 15 is 0 Å². The number of imidazole rings is 2. The molecule has 0 radical (unpaired) electrons. The Morgan fingerprint density at radius 3 is 2.33 bits per heavy atom. The smallest absolute Gasteiger partial charge is 0.326 e. The van der Waals surface area contributed by atoms with Crippen molar-refractivity contribution in [2.24, 2.45) is 0 Å². The zero-order valence-electron chi connectivity index (χ0n) is 16.7. The number of aromatic amines is 2. The van der Waals surface area contributed by atoms with Crippen LogP contribution in [0.2, 0.25) is 5.02 Å². The van der Waals surface area contributed by atoms with Crippen molar-refractivity contribution in [1.29, 1.82) is 0 Å². The fourth-order valence-corrected chi connectivity index (χ4v) is 4.83. The Labute approximate surface area is 177 Å². The van der Waals surface area contributed by atoms with Crippen molar-refractivity contribution in [2.45, 2.75) is 38.8 Å². The maximum absolute atomic E-state index is 12.7. The number of hydrogen-bond donors (Lipinski definition) is 2. The lowest BCUT2D eigenvalue weighted by Crippen LogP contribution is -2.29. The van der Waals surface area contributed by atoms with Crippen LogP contribution in [-0.4, -0.2) is 32.2 Å². The van der Waals surface area contributed by atoms with Gasteiger partial charge in [-0.15, -0.1) is 0 Å². The van der Waals surface area contributed by atoms with Crippen molar-refractivity contribution in [3.63, 3.8) is 0 Å². The molecule has 7 nitrogen and oxygen atoms in total. The Balaban J connectivity index is 1.43. The summed E-state index contributed by atoms with van der Waals surface area (Å²) in [7, 11) is 0. The fraction of sp³-hybridized carbons (Fsp3) is 0.364. The van der Waals surface area contributed by atoms with E-state index in [1.54, 1.807) is 9.13 Å². The van der Waals surface area contributed by atoms with E-state index in [-0.39, 0.29) is 11.4 Å². The van der Waals surface area contributed by atoms with Gasteiger partial charge in [0.05, 0.1) is 32.8 Å². The van der Waals surface area contributed by atoms with Gasteiger partial charge >= 0.3 is 11.4 Å². The lowest BCUT2D eigenvalue weighted by Gasteiger charge is -2.29. The van der Waals surface area contributed by atoms with E-state index < -0.39 is 0 Å². The summed E-state index contributed by atoms with van der Waals surface area (Å²) in [5, 5.41) is 0.670. The predicted molar refractivity (Wildman–Crippen MR) is 121 cm³/mol. The minimum absolute atomic E-state index is 0.123. The Kier molecular flexibility index (Phi) is 4.90. The summed E-state index contributed by atoms with van der Waals surface area (Å²) in [5.74, 6) is 0. The topological polar surface area (TPSA) is 78.8 Å². The minimum atomic E-state index is -0.142. The lowest BCUT2D eigenvalue weighted by atomic mass is 10.1. The Hall–Kier alpha value is -2.93. The van der Waals surface area contributed by atoms with Crippen molar-refractivity contribution in [3.05, 3.63) is 62.4 Å². The highest BCUT2D eigenvalue weighted by Crippen LogP contribution is 2.34. The number of halogens is 1. The lowest BCUT2D eigenvalue weighted by molar-refractivity contribution is 0.562. The second-order valence-corrected chi connectivity index (χ2v) is 8.28. The zero-order valence-corrected chi connectivity index (χ0v) is 17.4. The van der Waals surface area contributed by atoms with Crippen LogP contribution in [0.5, 0.6) is 0 Å². The molecule has 3 heterocycles. The molecule has 0 aliphatic carbocycles. The fourth-order valence-electron chi connectivity index (χ4n) is 4.55. The summed E-state index contributed by atoms with van der Waals surface area (Å²) < 4.78 is 3.48. The molecule has 8 heteroatoms. The maximum Gasteiger partial charge on any atom is 0.326 e. The molecule has 2 aromatic carbocycles. The second-order valence-electron chi connectivity index (χ2n) is 7.87. The first-order valence-electron chi connectivity index (χ1n) is 10.5. The molecule has 0 spiro atoms. The number of H-pyrrole nitrogens is 2. The van der Waals surface area contributed by atoms with Crippen molar-refractivity contribution >= 4 is 39.4 Å². The number of benzene rings is 2. The summed E-state index contributed by atoms with van der Waals surface area (Å²) in [6.07, 6.45) is 4.17. The number of nitrogens with one attached hydrogen (secondary N) is 2. The third kappa shape index (κ3) is 3.23. The van der Waals surface area contributed by atoms with Gasteiger partial charge in [0.1, 0.15) is 0 Å². The Morgan fingerprint density at radius 2 is 1.53 bits per heavy atom. The SMILES string of the molecule is O=c1[nH]c2ccccc2n1CCCn1c(=O)[nH]c2c(N3CCCCC3)c(Cl)ccc21. The number of rotatable bonds is 5. The van der Waals surface area contributed by atoms with Crippen molar-refractivity contribution in [3.8, 4) is 0 Å². The van der Waals surface area contributed by atoms with E-state index in [2.05, 4.69) is 14.9 Å². The van der Waals surface area contributed by atoms with E-state index in [4.69, 9.17) is 11.6 Å². The molecule has 1 fully saturated rings. The molecular formula is C22H24ClN5O2. The van der Waals surface area contributed by atoms with Crippen LogP contribution in [0.25, 0.3) is 22.1 Å². The van der Waals surface area contributed by atoms with Gasteiger partial charge < -0.3 is 14.9 Å². The Bertz CT molecular complexity index is 1320. The third-order valence-corrected chi connectivity index (χ3v) is 6.30. The van der Waals surface area contributed by atoms with Gasteiger partial charge in [-0.1, -0.05) is 23.7 Å². The van der Waals surface area contributed by atoms with Gasteiger partial charge in [-0.25, -0.2) is 9.59 Å². The summed E-state index contributed by atoms with van der Waals surface area (Å²) >= 11 is 6.53. The van der Waals surface area contributed by atoms with Crippen LogP contribution in [-0.2, 0) is 13.1 Å². The molecule has 0 amide bonds. The predicted octanol–water partition coefficient (Wildman–Crippen LogP) is 3.71. The first kappa shape index (κ1) is 19.1. The molecule has 5 rings (SSSR count). The van der Waals surface area contributed by atoms with Crippen LogP contribution in [0.1, 0.15) is 25.7 Å². The van der Waals surface area contributed by atoms with Gasteiger partial charge in [0.25, 0.3) is 0 Å². The van der Waals surface area contributed by atoms with Crippen LogP contribution in [0.15, 0.2) is 46.0 Å². The molecule has 1 aliphatic heterocycles. The van der Waals surface area contributed by atoms with Gasteiger partial charge in [0.2, 0.25) is 0 Å². The first-order chi connectivity index (χ1) is 14.6. The van der Waals surface area contributed by atoms with E-state index in [0.29, 0.717) is 24.5 Å². The highest BCUT2D eigenvalue weighted by molar-refractivity contribution is 6.34. The van der Waals surface area contributed by atoms with Gasteiger partial charge in [0.15, 0.2) is 0 Å². The van der Waals surface area contributed by atoms with E-state index in [9.17, 15) is 9.59 Å². The zero-order chi connectivity index (χ0) is 20.7. The molecule has 0 unspecified atom stereocenters. The number of hydrogen-bond acceptors (Lipinski definition) is 3. The minimum Gasteiger partial charge on any atom is -0.369 e.